The van der Waals surface area contributed by atoms with E-state index in [-0.39, 0.29) is 24.3 Å². The Bertz CT molecular complexity index is 700. The molecular weight excluding hydrogens is 313 g/mol. The molecule has 0 fully saturated rings. The molecule has 7 nitrogen and oxygen atoms in total. The van der Waals surface area contributed by atoms with Gasteiger partial charge in [-0.1, -0.05) is 17.3 Å². The van der Waals surface area contributed by atoms with Crippen LogP contribution in [-0.2, 0) is 16.4 Å². The Balaban J connectivity index is 1.80. The van der Waals surface area contributed by atoms with E-state index in [9.17, 15) is 12.8 Å². The number of sulfonamides is 1. The fraction of sp³-hybridized carbons (Fsp3) is 0.385. The fourth-order valence-corrected chi connectivity index (χ4v) is 2.37. The van der Waals surface area contributed by atoms with Crippen LogP contribution in [0, 0.1) is 5.82 Å². The molecule has 1 aromatic carbocycles. The molecule has 0 spiro atoms. The number of ether oxygens (including phenoxy) is 1. The van der Waals surface area contributed by atoms with Gasteiger partial charge in [-0.05, 0) is 31.2 Å². The van der Waals surface area contributed by atoms with Crippen LogP contribution in [0.5, 0.6) is 6.08 Å². The molecule has 0 saturated heterocycles. The van der Waals surface area contributed by atoms with Gasteiger partial charge in [-0.3, -0.25) is 4.52 Å². The van der Waals surface area contributed by atoms with Gasteiger partial charge in [0.1, 0.15) is 5.82 Å². The zero-order chi connectivity index (χ0) is 16.0. The SMILES string of the molecule is CNS(=O)(=O)CCCOc1nc(Cc2ccc(F)cc2)no1. The summed E-state index contributed by atoms with van der Waals surface area (Å²) in [6.45, 7) is 0.152. The Morgan fingerprint density at radius 1 is 1.32 bits per heavy atom. The van der Waals surface area contributed by atoms with E-state index in [2.05, 4.69) is 14.9 Å². The molecule has 9 heteroatoms. The number of hydrogen-bond acceptors (Lipinski definition) is 6. The maximum absolute atomic E-state index is 12.8. The second-order valence-electron chi connectivity index (χ2n) is 4.50. The predicted molar refractivity (Wildman–Crippen MR) is 76.5 cm³/mol. The lowest BCUT2D eigenvalue weighted by Crippen LogP contribution is -2.23. The first-order valence-corrected chi connectivity index (χ1v) is 8.25. The summed E-state index contributed by atoms with van der Waals surface area (Å²) in [4.78, 5) is 4.02. The third-order valence-corrected chi connectivity index (χ3v) is 4.27. The van der Waals surface area contributed by atoms with Gasteiger partial charge >= 0.3 is 6.08 Å². The van der Waals surface area contributed by atoms with Crippen molar-refractivity contribution in [3.63, 3.8) is 0 Å². The molecule has 0 radical (unpaired) electrons. The zero-order valence-electron chi connectivity index (χ0n) is 12.0. The molecule has 0 amide bonds. The molecule has 0 bridgehead atoms. The van der Waals surface area contributed by atoms with Crippen LogP contribution in [0.3, 0.4) is 0 Å². The lowest BCUT2D eigenvalue weighted by atomic mass is 10.1. The van der Waals surface area contributed by atoms with Crippen molar-refractivity contribution in [2.24, 2.45) is 0 Å². The first-order valence-electron chi connectivity index (χ1n) is 6.59. The van der Waals surface area contributed by atoms with E-state index in [1.165, 1.54) is 19.2 Å². The Hall–Kier alpha value is -2.00. The molecule has 120 valence electrons. The van der Waals surface area contributed by atoms with Gasteiger partial charge in [-0.15, -0.1) is 0 Å². The van der Waals surface area contributed by atoms with Gasteiger partial charge in [0.05, 0.1) is 12.4 Å². The van der Waals surface area contributed by atoms with E-state index < -0.39 is 10.0 Å². The molecule has 22 heavy (non-hydrogen) atoms. The minimum atomic E-state index is -3.24. The number of nitrogens with one attached hydrogen (secondary N) is 1. The summed E-state index contributed by atoms with van der Waals surface area (Å²) >= 11 is 0. The smallest absolute Gasteiger partial charge is 0.417 e. The predicted octanol–water partition coefficient (Wildman–Crippen LogP) is 1.12. The topological polar surface area (TPSA) is 94.3 Å². The van der Waals surface area contributed by atoms with Crippen LogP contribution < -0.4 is 9.46 Å². The van der Waals surface area contributed by atoms with Crippen molar-refractivity contribution >= 4 is 10.0 Å². The average Bonchev–Trinajstić information content (AvgIpc) is 2.94. The number of benzene rings is 1. The van der Waals surface area contributed by atoms with Gasteiger partial charge < -0.3 is 4.74 Å². The normalized spacial score (nSPS) is 11.5. The highest BCUT2D eigenvalue weighted by atomic mass is 32.2. The Morgan fingerprint density at radius 3 is 2.73 bits per heavy atom. The largest absolute Gasteiger partial charge is 0.449 e. The molecule has 0 aliphatic carbocycles. The Kier molecular flexibility index (Phi) is 5.45. The third-order valence-electron chi connectivity index (χ3n) is 2.82. The summed E-state index contributed by atoms with van der Waals surface area (Å²) in [5.74, 6) is 0.0574. The quantitative estimate of drug-likeness (QED) is 0.729. The highest BCUT2D eigenvalue weighted by Gasteiger charge is 2.10. The number of halogens is 1. The van der Waals surface area contributed by atoms with Crippen LogP contribution in [0.1, 0.15) is 17.8 Å². The number of hydrogen-bond donors (Lipinski definition) is 1. The van der Waals surface area contributed by atoms with Crippen molar-refractivity contribution in [1.29, 1.82) is 0 Å². The summed E-state index contributed by atoms with van der Waals surface area (Å²) < 4.78 is 47.5. The van der Waals surface area contributed by atoms with E-state index in [0.29, 0.717) is 18.7 Å². The molecule has 2 rings (SSSR count). The van der Waals surface area contributed by atoms with Crippen molar-refractivity contribution in [1.82, 2.24) is 14.9 Å². The van der Waals surface area contributed by atoms with Crippen LogP contribution in [0.4, 0.5) is 4.39 Å². The van der Waals surface area contributed by atoms with Crippen molar-refractivity contribution in [2.75, 3.05) is 19.4 Å². The molecule has 0 atom stereocenters. The maximum atomic E-state index is 12.8. The van der Waals surface area contributed by atoms with Gasteiger partial charge in [0.25, 0.3) is 0 Å². The van der Waals surface area contributed by atoms with E-state index in [0.717, 1.165) is 5.56 Å². The third kappa shape index (κ3) is 5.08. The summed E-state index contributed by atoms with van der Waals surface area (Å²) in [7, 11) is -1.88. The lowest BCUT2D eigenvalue weighted by Gasteiger charge is -2.01. The van der Waals surface area contributed by atoms with Crippen LogP contribution in [-0.4, -0.2) is 38.0 Å². The number of aromatic nitrogens is 2. The molecule has 0 saturated carbocycles. The van der Waals surface area contributed by atoms with Crippen LogP contribution in [0.25, 0.3) is 0 Å². The van der Waals surface area contributed by atoms with Crippen LogP contribution in [0.15, 0.2) is 28.8 Å². The summed E-state index contributed by atoms with van der Waals surface area (Å²) in [6, 6.07) is 5.98. The highest BCUT2D eigenvalue weighted by molar-refractivity contribution is 7.89. The molecule has 1 N–H and O–H groups in total. The second-order valence-corrected chi connectivity index (χ2v) is 6.55. The first-order chi connectivity index (χ1) is 10.5. The van der Waals surface area contributed by atoms with Gasteiger partial charge in [-0.25, -0.2) is 17.5 Å². The van der Waals surface area contributed by atoms with E-state index in [4.69, 9.17) is 9.26 Å². The maximum Gasteiger partial charge on any atom is 0.417 e. The summed E-state index contributed by atoms with van der Waals surface area (Å²) in [5.41, 5.74) is 0.842. The van der Waals surface area contributed by atoms with Crippen molar-refractivity contribution in [2.45, 2.75) is 12.8 Å². The van der Waals surface area contributed by atoms with Crippen LogP contribution >= 0.6 is 0 Å². The van der Waals surface area contributed by atoms with E-state index >= 15 is 0 Å². The van der Waals surface area contributed by atoms with Crippen LogP contribution in [0.2, 0.25) is 0 Å². The molecular formula is C13H16FN3O4S. The Morgan fingerprint density at radius 2 is 2.05 bits per heavy atom. The molecule has 1 heterocycles. The number of nitrogens with zero attached hydrogens (tertiary/aromatic N) is 2. The fourth-order valence-electron chi connectivity index (χ4n) is 1.66. The molecule has 1 aromatic heterocycles. The number of rotatable bonds is 8. The second kappa shape index (κ2) is 7.32. The van der Waals surface area contributed by atoms with Gasteiger partial charge in [0.2, 0.25) is 10.0 Å². The molecule has 0 aliphatic heterocycles. The van der Waals surface area contributed by atoms with Crippen molar-refractivity contribution in [3.8, 4) is 6.08 Å². The monoisotopic (exact) mass is 329 g/mol. The highest BCUT2D eigenvalue weighted by Crippen LogP contribution is 2.12. The van der Waals surface area contributed by atoms with Crippen molar-refractivity contribution in [3.05, 3.63) is 41.5 Å². The lowest BCUT2D eigenvalue weighted by molar-refractivity contribution is 0.204. The standard InChI is InChI=1S/C13H16FN3O4S/c1-15-22(18,19)8-2-7-20-13-16-12(17-21-13)9-10-3-5-11(14)6-4-10/h3-6,15H,2,7-9H2,1H3. The summed E-state index contributed by atoms with van der Waals surface area (Å²) in [6.07, 6.45) is 0.680. The van der Waals surface area contributed by atoms with Crippen molar-refractivity contribution < 1.29 is 22.1 Å². The minimum Gasteiger partial charge on any atom is -0.449 e. The van der Waals surface area contributed by atoms with Gasteiger partial charge in [-0.2, -0.15) is 4.98 Å². The van der Waals surface area contributed by atoms with Gasteiger partial charge in [0.15, 0.2) is 5.82 Å². The summed E-state index contributed by atoms with van der Waals surface area (Å²) in [5, 5.41) is 3.74. The molecule has 2 aromatic rings. The molecule has 0 aliphatic rings. The van der Waals surface area contributed by atoms with E-state index in [1.54, 1.807) is 12.1 Å². The minimum absolute atomic E-state index is 0.0148. The average molecular weight is 329 g/mol. The molecule has 0 unspecified atom stereocenters. The van der Waals surface area contributed by atoms with E-state index in [1.807, 2.05) is 0 Å². The zero-order valence-corrected chi connectivity index (χ0v) is 12.8. The first kappa shape index (κ1) is 16.4. The Labute approximate surface area is 127 Å². The van der Waals surface area contributed by atoms with Gasteiger partial charge in [0, 0.05) is 6.42 Å².